The minimum atomic E-state index is -1.17. The number of halogens is 1. The lowest BCUT2D eigenvalue weighted by Crippen LogP contribution is -2.34. The second kappa shape index (κ2) is 10.4. The lowest BCUT2D eigenvalue weighted by atomic mass is 10.0. The summed E-state index contributed by atoms with van der Waals surface area (Å²) in [6, 6.07) is 18.3. The Morgan fingerprint density at radius 2 is 1.75 bits per heavy atom. The maximum atomic E-state index is 13.0. The molecule has 0 fully saturated rings. The topological polar surface area (TPSA) is 37.4 Å². The van der Waals surface area contributed by atoms with Gasteiger partial charge in [-0.1, -0.05) is 64.1 Å². The lowest BCUT2D eigenvalue weighted by molar-refractivity contribution is -0.127. The van der Waals surface area contributed by atoms with E-state index in [1.54, 1.807) is 18.0 Å². The Balaban J connectivity index is 1.96. The number of allylic oxidation sites excluding steroid dienone is 2. The third kappa shape index (κ3) is 5.82. The average molecular weight is 478 g/mol. The van der Waals surface area contributed by atoms with E-state index in [1.165, 1.54) is 9.80 Å². The van der Waals surface area contributed by atoms with Crippen molar-refractivity contribution in [1.82, 2.24) is 4.90 Å². The molecule has 28 heavy (non-hydrogen) atoms. The zero-order valence-corrected chi connectivity index (χ0v) is 19.1. The number of hydrogen-bond acceptors (Lipinski definition) is 3. The van der Waals surface area contributed by atoms with Gasteiger partial charge in [0.1, 0.15) is 5.75 Å². The predicted octanol–water partition coefficient (Wildman–Crippen LogP) is 5.73. The monoisotopic (exact) mass is 477 g/mol. The first-order valence-electron chi connectivity index (χ1n) is 9.33. The molecule has 0 heterocycles. The smallest absolute Gasteiger partial charge is 0.239 e. The summed E-state index contributed by atoms with van der Waals surface area (Å²) in [5.41, 5.74) is 2.14. The number of thioether (sulfide) groups is 1. The number of nitrogens with zero attached hydrogens (tertiary/aromatic N) is 1. The van der Waals surface area contributed by atoms with Gasteiger partial charge >= 0.3 is 0 Å². The number of amides is 1. The van der Waals surface area contributed by atoms with Crippen molar-refractivity contribution in [3.63, 3.8) is 0 Å². The van der Waals surface area contributed by atoms with Crippen molar-refractivity contribution in [2.75, 3.05) is 12.0 Å². The van der Waals surface area contributed by atoms with Gasteiger partial charge in [-0.05, 0) is 49.4 Å². The van der Waals surface area contributed by atoms with E-state index in [4.69, 9.17) is 0 Å². The summed E-state index contributed by atoms with van der Waals surface area (Å²) in [5.74, 6) is -0.0170. The minimum absolute atomic E-state index is 0.0528. The van der Waals surface area contributed by atoms with Gasteiger partial charge in [-0.15, -0.1) is 0 Å². The van der Waals surface area contributed by atoms with E-state index >= 15 is 0 Å². The van der Waals surface area contributed by atoms with Gasteiger partial charge < -0.3 is 4.90 Å². The second-order valence-electron chi connectivity index (χ2n) is 6.78. The van der Waals surface area contributed by atoms with Crippen LogP contribution in [0.3, 0.4) is 0 Å². The number of benzene rings is 2. The molecule has 1 amide bonds. The normalized spacial score (nSPS) is 15.4. The molecular weight excluding hydrogens is 454 g/mol. The van der Waals surface area contributed by atoms with Crippen LogP contribution in [0.1, 0.15) is 31.2 Å². The van der Waals surface area contributed by atoms with Crippen LogP contribution in [0, 0.1) is 0 Å². The van der Waals surface area contributed by atoms with Gasteiger partial charge in [0, 0.05) is 37.0 Å². The van der Waals surface area contributed by atoms with E-state index in [0.29, 0.717) is 6.54 Å². The van der Waals surface area contributed by atoms with Crippen molar-refractivity contribution in [2.24, 2.45) is 0 Å². The van der Waals surface area contributed by atoms with Gasteiger partial charge in [-0.25, -0.2) is 0 Å². The van der Waals surface area contributed by atoms with Crippen molar-refractivity contribution in [3.8, 4) is 0 Å². The number of carbonyl (C=O) groups excluding carboxylic acids is 1. The molecular formula is C22H24BrNO2S2. The molecule has 0 saturated heterocycles. The van der Waals surface area contributed by atoms with Crippen molar-refractivity contribution in [3.05, 3.63) is 75.2 Å². The minimum Gasteiger partial charge on any atom is -0.310 e. The summed E-state index contributed by atoms with van der Waals surface area (Å²) in [6.07, 6.45) is 5.65. The third-order valence-electron chi connectivity index (χ3n) is 4.61. The van der Waals surface area contributed by atoms with E-state index in [9.17, 15) is 9.00 Å². The molecule has 1 aliphatic carbocycles. The SMILES string of the molecule is CS(=O)CC(=O)N(Cc1ccccc1Br)C1=C(Sc2ccccc2)CCCC1. The highest BCUT2D eigenvalue weighted by Crippen LogP contribution is 2.39. The highest BCUT2D eigenvalue weighted by atomic mass is 79.9. The lowest BCUT2D eigenvalue weighted by Gasteiger charge is -2.31. The van der Waals surface area contributed by atoms with Gasteiger partial charge in [-0.3, -0.25) is 9.00 Å². The maximum absolute atomic E-state index is 13.0. The van der Waals surface area contributed by atoms with Gasteiger partial charge in [0.05, 0.1) is 6.54 Å². The molecule has 0 bridgehead atoms. The van der Waals surface area contributed by atoms with E-state index in [2.05, 4.69) is 28.1 Å². The molecule has 1 atom stereocenters. The molecule has 0 radical (unpaired) electrons. The highest BCUT2D eigenvalue weighted by Gasteiger charge is 2.25. The molecule has 1 aliphatic rings. The standard InChI is InChI=1S/C22H24BrNO2S2/c1-28(26)16-22(25)24(15-17-9-5-6-12-19(17)23)20-13-7-8-14-21(20)27-18-10-3-2-4-11-18/h2-6,9-12H,7-8,13-16H2,1H3. The zero-order valence-electron chi connectivity index (χ0n) is 15.9. The highest BCUT2D eigenvalue weighted by molar-refractivity contribution is 9.10. The summed E-state index contributed by atoms with van der Waals surface area (Å²) in [4.78, 5) is 17.3. The Kier molecular flexibility index (Phi) is 7.94. The summed E-state index contributed by atoms with van der Waals surface area (Å²) in [5, 5.41) is 0. The van der Waals surface area contributed by atoms with Crippen molar-refractivity contribution in [1.29, 1.82) is 0 Å². The number of carbonyl (C=O) groups is 1. The van der Waals surface area contributed by atoms with Crippen LogP contribution in [0.5, 0.6) is 0 Å². The number of rotatable bonds is 7. The van der Waals surface area contributed by atoms with Crippen LogP contribution in [0.15, 0.2) is 74.6 Å². The summed E-state index contributed by atoms with van der Waals surface area (Å²) < 4.78 is 12.8. The van der Waals surface area contributed by atoms with Crippen LogP contribution in [-0.4, -0.2) is 27.0 Å². The molecule has 0 saturated carbocycles. The van der Waals surface area contributed by atoms with Crippen LogP contribution in [0.2, 0.25) is 0 Å². The molecule has 0 aromatic heterocycles. The molecule has 0 aliphatic heterocycles. The van der Waals surface area contributed by atoms with Crippen LogP contribution in [0.25, 0.3) is 0 Å². The Labute approximate surface area is 182 Å². The molecule has 6 heteroatoms. The van der Waals surface area contributed by atoms with Crippen molar-refractivity contribution in [2.45, 2.75) is 37.1 Å². The van der Waals surface area contributed by atoms with Gasteiger partial charge in [0.25, 0.3) is 0 Å². The second-order valence-corrected chi connectivity index (χ2v) is 10.2. The average Bonchev–Trinajstić information content (AvgIpc) is 2.68. The molecule has 0 spiro atoms. The fraction of sp³-hybridized carbons (Fsp3) is 0.318. The molecule has 3 nitrogen and oxygen atoms in total. The van der Waals surface area contributed by atoms with E-state index in [-0.39, 0.29) is 11.7 Å². The van der Waals surface area contributed by atoms with Gasteiger partial charge in [-0.2, -0.15) is 0 Å². The van der Waals surface area contributed by atoms with E-state index in [1.807, 2.05) is 47.4 Å². The van der Waals surface area contributed by atoms with Crippen molar-refractivity contribution < 1.29 is 9.00 Å². The fourth-order valence-electron chi connectivity index (χ4n) is 3.27. The zero-order chi connectivity index (χ0) is 19.9. The van der Waals surface area contributed by atoms with Gasteiger partial charge in [0.2, 0.25) is 5.91 Å². The Morgan fingerprint density at radius 3 is 2.46 bits per heavy atom. The summed E-state index contributed by atoms with van der Waals surface area (Å²) in [7, 11) is -1.17. The largest absolute Gasteiger partial charge is 0.310 e. The molecule has 148 valence electrons. The summed E-state index contributed by atoms with van der Waals surface area (Å²) in [6.45, 7) is 0.492. The Bertz CT molecular complexity index is 883. The molecule has 2 aromatic rings. The predicted molar refractivity (Wildman–Crippen MR) is 121 cm³/mol. The molecule has 3 rings (SSSR count). The van der Waals surface area contributed by atoms with Gasteiger partial charge in [0.15, 0.2) is 0 Å². The molecule has 0 N–H and O–H groups in total. The molecule has 1 unspecified atom stereocenters. The molecule has 2 aromatic carbocycles. The first-order valence-corrected chi connectivity index (χ1v) is 12.7. The van der Waals surface area contributed by atoms with E-state index in [0.717, 1.165) is 41.4 Å². The van der Waals surface area contributed by atoms with Crippen molar-refractivity contribution >= 4 is 44.4 Å². The van der Waals surface area contributed by atoms with E-state index < -0.39 is 10.8 Å². The first-order chi connectivity index (χ1) is 13.5. The van der Waals surface area contributed by atoms with Crippen LogP contribution in [0.4, 0.5) is 0 Å². The maximum Gasteiger partial charge on any atom is 0.239 e. The Hall–Kier alpha value is -1.37. The van der Waals surface area contributed by atoms with Crippen LogP contribution >= 0.6 is 27.7 Å². The number of hydrogen-bond donors (Lipinski definition) is 0. The van der Waals surface area contributed by atoms with Crippen LogP contribution in [-0.2, 0) is 22.1 Å². The first kappa shape index (κ1) is 21.3. The summed E-state index contributed by atoms with van der Waals surface area (Å²) >= 11 is 5.35. The van der Waals surface area contributed by atoms with Crippen LogP contribution < -0.4 is 0 Å². The quantitative estimate of drug-likeness (QED) is 0.510. The third-order valence-corrected chi connectivity index (χ3v) is 7.23. The fourth-order valence-corrected chi connectivity index (χ4v) is 5.34. The Morgan fingerprint density at radius 1 is 1.07 bits per heavy atom.